The van der Waals surface area contributed by atoms with E-state index in [-0.39, 0.29) is 11.7 Å². The molecule has 0 saturated carbocycles. The van der Waals surface area contributed by atoms with Gasteiger partial charge >= 0.3 is 6.18 Å². The molecule has 0 saturated heterocycles. The second kappa shape index (κ2) is 6.27. The molecule has 1 amide bonds. The number of amides is 1. The molecule has 1 aliphatic heterocycles. The molecule has 1 aliphatic rings. The van der Waals surface area contributed by atoms with E-state index in [2.05, 4.69) is 20.4 Å². The fraction of sp³-hybridized carbons (Fsp3) is 0.286. The molecule has 0 aromatic carbocycles. The normalized spacial score (nSPS) is 14.6. The van der Waals surface area contributed by atoms with Gasteiger partial charge in [0.25, 0.3) is 5.91 Å². The molecule has 0 atom stereocenters. The second-order valence-corrected chi connectivity index (χ2v) is 6.03. The lowest BCUT2D eigenvalue weighted by molar-refractivity contribution is -0.137. The highest BCUT2D eigenvalue weighted by molar-refractivity contribution is 8.14. The summed E-state index contributed by atoms with van der Waals surface area (Å²) in [4.78, 5) is 20.1. The first-order valence-electron chi connectivity index (χ1n) is 6.93. The number of thioether (sulfide) groups is 1. The Balaban J connectivity index is 1.83. The van der Waals surface area contributed by atoms with Gasteiger partial charge in [-0.2, -0.15) is 18.3 Å². The van der Waals surface area contributed by atoms with Crippen molar-refractivity contribution >= 4 is 22.8 Å². The number of nitrogens with one attached hydrogen (secondary N) is 1. The van der Waals surface area contributed by atoms with Crippen LogP contribution >= 0.6 is 11.8 Å². The summed E-state index contributed by atoms with van der Waals surface area (Å²) in [5.74, 6) is 0.662. The van der Waals surface area contributed by atoms with Crippen LogP contribution in [-0.4, -0.2) is 38.1 Å². The highest BCUT2D eigenvalue weighted by Crippen LogP contribution is 2.28. The van der Waals surface area contributed by atoms with Crippen molar-refractivity contribution in [2.24, 2.45) is 4.99 Å². The monoisotopic (exact) mass is 355 g/mol. The summed E-state index contributed by atoms with van der Waals surface area (Å²) in [6.07, 6.45) is -2.36. The lowest BCUT2D eigenvalue weighted by Crippen LogP contribution is -2.27. The van der Waals surface area contributed by atoms with Crippen molar-refractivity contribution in [2.45, 2.75) is 13.1 Å². The van der Waals surface area contributed by atoms with Crippen molar-refractivity contribution in [3.63, 3.8) is 0 Å². The quantitative estimate of drug-likeness (QED) is 0.898. The molecule has 1 N–H and O–H groups in total. The van der Waals surface area contributed by atoms with Crippen LogP contribution in [0.4, 0.5) is 13.2 Å². The zero-order valence-corrected chi connectivity index (χ0v) is 13.3. The van der Waals surface area contributed by atoms with E-state index in [0.29, 0.717) is 23.0 Å². The molecule has 6 nitrogen and oxygen atoms in total. The van der Waals surface area contributed by atoms with Crippen LogP contribution in [0.1, 0.15) is 21.6 Å². The molecule has 3 heterocycles. The number of carbonyl (C=O) groups is 1. The maximum Gasteiger partial charge on any atom is 0.417 e. The van der Waals surface area contributed by atoms with E-state index in [1.807, 2.05) is 0 Å². The molecule has 10 heteroatoms. The molecule has 0 unspecified atom stereocenters. The van der Waals surface area contributed by atoms with Crippen LogP contribution in [0.2, 0.25) is 0 Å². The third-order valence-corrected chi connectivity index (χ3v) is 4.24. The Labute approximate surface area is 139 Å². The highest BCUT2D eigenvalue weighted by Gasteiger charge is 2.30. The van der Waals surface area contributed by atoms with Crippen LogP contribution in [0.3, 0.4) is 0 Å². The van der Waals surface area contributed by atoms with Crippen molar-refractivity contribution in [1.29, 1.82) is 0 Å². The van der Waals surface area contributed by atoms with Gasteiger partial charge in [0.1, 0.15) is 0 Å². The number of nitrogens with zero attached hydrogens (tertiary/aromatic N) is 4. The van der Waals surface area contributed by atoms with Crippen LogP contribution in [0.25, 0.3) is 5.82 Å². The van der Waals surface area contributed by atoms with E-state index < -0.39 is 11.7 Å². The number of alkyl halides is 3. The topological polar surface area (TPSA) is 72.2 Å². The van der Waals surface area contributed by atoms with E-state index in [9.17, 15) is 18.0 Å². The first-order chi connectivity index (χ1) is 11.4. The van der Waals surface area contributed by atoms with Gasteiger partial charge < -0.3 is 5.32 Å². The summed E-state index contributed by atoms with van der Waals surface area (Å²) in [6, 6.07) is 2.13. The number of rotatable bonds is 2. The first kappa shape index (κ1) is 16.5. The number of hydrogen-bond acceptors (Lipinski definition) is 5. The minimum Gasteiger partial charge on any atom is -0.301 e. The summed E-state index contributed by atoms with van der Waals surface area (Å²) in [5, 5.41) is 7.28. The molecule has 0 aliphatic carbocycles. The van der Waals surface area contributed by atoms with Crippen molar-refractivity contribution in [1.82, 2.24) is 20.1 Å². The predicted molar refractivity (Wildman–Crippen MR) is 83.3 cm³/mol. The van der Waals surface area contributed by atoms with Crippen LogP contribution in [-0.2, 0) is 6.18 Å². The number of pyridine rings is 1. The summed E-state index contributed by atoms with van der Waals surface area (Å²) >= 11 is 1.45. The third-order valence-electron chi connectivity index (χ3n) is 3.35. The number of carbonyl (C=O) groups excluding carboxylic acids is 1. The van der Waals surface area contributed by atoms with Crippen molar-refractivity contribution in [2.75, 3.05) is 12.3 Å². The van der Waals surface area contributed by atoms with Gasteiger partial charge in [0.2, 0.25) is 0 Å². The van der Waals surface area contributed by atoms with Crippen molar-refractivity contribution in [3.05, 3.63) is 41.3 Å². The summed E-state index contributed by atoms with van der Waals surface area (Å²) in [5.41, 5.74) is -0.0550. The van der Waals surface area contributed by atoms with Gasteiger partial charge in [-0.25, -0.2) is 9.67 Å². The maximum atomic E-state index is 12.6. The van der Waals surface area contributed by atoms with E-state index >= 15 is 0 Å². The number of halogens is 3. The smallest absolute Gasteiger partial charge is 0.301 e. The van der Waals surface area contributed by atoms with Crippen LogP contribution in [0.15, 0.2) is 29.5 Å². The van der Waals surface area contributed by atoms with E-state index in [0.717, 1.165) is 18.0 Å². The Morgan fingerprint density at radius 1 is 1.33 bits per heavy atom. The molecule has 24 heavy (non-hydrogen) atoms. The number of amidine groups is 1. The average Bonchev–Trinajstić information content (AvgIpc) is 3.16. The summed E-state index contributed by atoms with van der Waals surface area (Å²) in [6.45, 7) is 2.30. The zero-order valence-electron chi connectivity index (χ0n) is 12.5. The van der Waals surface area contributed by atoms with Gasteiger partial charge in [0, 0.05) is 11.9 Å². The molecular weight excluding hydrogens is 343 g/mol. The lowest BCUT2D eigenvalue weighted by Gasteiger charge is -2.08. The maximum absolute atomic E-state index is 12.6. The highest BCUT2D eigenvalue weighted by atomic mass is 32.2. The fourth-order valence-electron chi connectivity index (χ4n) is 2.12. The zero-order chi connectivity index (χ0) is 17.3. The SMILES string of the molecule is Cc1c(C(=O)NC2=NCCS2)cnn1-c1ccc(C(F)(F)F)cn1. The second-order valence-electron chi connectivity index (χ2n) is 4.95. The number of aromatic nitrogens is 3. The van der Waals surface area contributed by atoms with Crippen molar-refractivity contribution in [3.8, 4) is 5.82 Å². The average molecular weight is 355 g/mol. The van der Waals surface area contributed by atoms with Gasteiger partial charge in [-0.3, -0.25) is 9.79 Å². The van der Waals surface area contributed by atoms with Crippen LogP contribution in [0.5, 0.6) is 0 Å². The third kappa shape index (κ3) is 3.28. The molecule has 3 rings (SSSR count). The van der Waals surface area contributed by atoms with Crippen LogP contribution in [0, 0.1) is 6.92 Å². The van der Waals surface area contributed by atoms with Crippen LogP contribution < -0.4 is 5.32 Å². The molecule has 2 aromatic heterocycles. The van der Waals surface area contributed by atoms with Gasteiger partial charge in [-0.05, 0) is 19.1 Å². The molecular formula is C14H12F3N5OS. The Kier molecular flexibility index (Phi) is 4.31. The Bertz CT molecular complexity index is 798. The van der Waals surface area contributed by atoms with E-state index in [1.54, 1.807) is 6.92 Å². The molecule has 0 spiro atoms. The van der Waals surface area contributed by atoms with Crippen molar-refractivity contribution < 1.29 is 18.0 Å². The summed E-state index contributed by atoms with van der Waals surface area (Å²) in [7, 11) is 0. The van der Waals surface area contributed by atoms with E-state index in [1.165, 1.54) is 28.7 Å². The fourth-order valence-corrected chi connectivity index (χ4v) is 2.84. The van der Waals surface area contributed by atoms with E-state index in [4.69, 9.17) is 0 Å². The molecule has 2 aromatic rings. The van der Waals surface area contributed by atoms with Gasteiger partial charge in [0.05, 0.1) is 29.6 Å². The standard InChI is InChI=1S/C14H12F3N5OS/c1-8-10(12(23)21-13-18-4-5-24-13)7-20-22(8)11-3-2-9(6-19-11)14(15,16)17/h2-3,6-7H,4-5H2,1H3,(H,18,21,23). The minimum absolute atomic E-state index is 0.201. The molecule has 0 radical (unpaired) electrons. The Morgan fingerprint density at radius 3 is 2.71 bits per heavy atom. The van der Waals surface area contributed by atoms with Gasteiger partial charge in [-0.15, -0.1) is 0 Å². The van der Waals surface area contributed by atoms with Gasteiger partial charge in [0.15, 0.2) is 11.0 Å². The summed E-state index contributed by atoms with van der Waals surface area (Å²) < 4.78 is 39.0. The number of aliphatic imine (C=N–C) groups is 1. The number of hydrogen-bond donors (Lipinski definition) is 1. The minimum atomic E-state index is -4.45. The van der Waals surface area contributed by atoms with Gasteiger partial charge in [-0.1, -0.05) is 11.8 Å². The molecule has 0 fully saturated rings. The molecule has 126 valence electrons. The Morgan fingerprint density at radius 2 is 2.12 bits per heavy atom. The lowest BCUT2D eigenvalue weighted by atomic mass is 10.2. The molecule has 0 bridgehead atoms. The Hall–Kier alpha value is -2.36. The first-order valence-corrected chi connectivity index (χ1v) is 7.91. The largest absolute Gasteiger partial charge is 0.417 e. The predicted octanol–water partition coefficient (Wildman–Crippen LogP) is 2.43.